The van der Waals surface area contributed by atoms with E-state index in [-0.39, 0.29) is 41.8 Å². The van der Waals surface area contributed by atoms with E-state index in [0.717, 1.165) is 0 Å². The van der Waals surface area contributed by atoms with Gasteiger partial charge in [0.05, 0.1) is 11.1 Å². The van der Waals surface area contributed by atoms with Crippen molar-refractivity contribution < 1.29 is 39.2 Å². The van der Waals surface area contributed by atoms with E-state index < -0.39 is 58.4 Å². The van der Waals surface area contributed by atoms with Crippen LogP contribution in [0.1, 0.15) is 30.0 Å². The Kier molecular flexibility index (Phi) is 7.77. The summed E-state index contributed by atoms with van der Waals surface area (Å²) in [7, 11) is 7.02. The molecule has 3 aliphatic rings. The number of phenols is 1. The Hall–Kier alpha value is -4.68. The summed E-state index contributed by atoms with van der Waals surface area (Å²) >= 11 is 0. The Morgan fingerprint density at radius 1 is 1.09 bits per heavy atom. The number of phenolic OH excluding ortho intramolecular Hbond substituents is 1. The van der Waals surface area contributed by atoms with E-state index in [1.807, 2.05) is 0 Å². The number of Topliss-reactive ketones (excluding diaryl/α,β-unsaturated/α-hetero) is 2. The first-order chi connectivity index (χ1) is 20.7. The van der Waals surface area contributed by atoms with Crippen LogP contribution in [0.4, 0.5) is 10.5 Å². The number of anilines is 1. The Balaban J connectivity index is 1.58. The van der Waals surface area contributed by atoms with Crippen LogP contribution in [0.2, 0.25) is 0 Å². The number of hydrogen-bond acceptors (Lipinski definition) is 10. The number of rotatable bonds is 6. The summed E-state index contributed by atoms with van der Waals surface area (Å²) in [6.07, 6.45) is -0.406. The van der Waals surface area contributed by atoms with Crippen LogP contribution < -0.4 is 20.7 Å². The lowest BCUT2D eigenvalue weighted by molar-refractivity contribution is -0.160. The highest BCUT2D eigenvalue weighted by molar-refractivity contribution is 6.33. The van der Waals surface area contributed by atoms with Crippen molar-refractivity contribution >= 4 is 35.0 Å². The van der Waals surface area contributed by atoms with E-state index >= 15 is 0 Å². The highest BCUT2D eigenvalue weighted by atomic mass is 16.6. The number of aliphatic hydroxyl groups excluding tert-OH is 1. The molecule has 0 heterocycles. The van der Waals surface area contributed by atoms with Crippen molar-refractivity contribution in [1.82, 2.24) is 10.2 Å². The first-order valence-electron chi connectivity index (χ1n) is 14.2. The predicted molar refractivity (Wildman–Crippen MR) is 161 cm³/mol. The van der Waals surface area contributed by atoms with Gasteiger partial charge in [-0.2, -0.15) is 0 Å². The maximum absolute atomic E-state index is 14.1. The molecule has 3 aliphatic carbocycles. The number of carbonyl (C=O) groups excluding carboxylic acids is 4. The number of primary amides is 1. The van der Waals surface area contributed by atoms with Gasteiger partial charge >= 0.3 is 6.09 Å². The second-order valence-corrected chi connectivity index (χ2v) is 12.0. The molecule has 232 valence electrons. The molecule has 0 aliphatic heterocycles. The molecule has 0 aromatic heterocycles. The van der Waals surface area contributed by atoms with Crippen molar-refractivity contribution in [3.8, 4) is 11.5 Å². The smallest absolute Gasteiger partial charge is 0.412 e. The molecular weight excluding hydrogens is 568 g/mol. The standard InChI is InChI=1S/C32H36N4O8/c1-15-22(30(33)41)28(39)32(43)20(25(15)36(4)5)12-16-11-19-21(35(2)3)13-17(26(37)24(19)27(38)23(16)29(32)40)14-34-31(42)44-18-9-7-6-8-10-18/h6-10,13,16,20,25,37-38,43H,11-12,14H2,1-5H3,(H2,33,41)(H,34,42)/t16-,20-,25+,32+/m0/s1. The number of ketones is 2. The van der Waals surface area contributed by atoms with Gasteiger partial charge in [-0.05, 0) is 69.1 Å². The quantitative estimate of drug-likeness (QED) is 0.241. The molecule has 2 amide bonds. The Labute approximate surface area is 254 Å². The van der Waals surface area contributed by atoms with Crippen molar-refractivity contribution in [2.45, 2.75) is 38.0 Å². The average Bonchev–Trinajstić information content (AvgIpc) is 2.94. The second kappa shape index (κ2) is 11.1. The summed E-state index contributed by atoms with van der Waals surface area (Å²) in [6.45, 7) is 1.42. The molecule has 0 unspecified atom stereocenters. The zero-order valence-electron chi connectivity index (χ0n) is 25.2. The third kappa shape index (κ3) is 4.70. The largest absolute Gasteiger partial charge is 0.507 e. The van der Waals surface area contributed by atoms with E-state index in [1.165, 1.54) is 0 Å². The van der Waals surface area contributed by atoms with E-state index in [9.17, 15) is 34.5 Å². The summed E-state index contributed by atoms with van der Waals surface area (Å²) in [4.78, 5) is 56.1. The van der Waals surface area contributed by atoms with Gasteiger partial charge in [-0.1, -0.05) is 18.2 Å². The lowest BCUT2D eigenvalue weighted by atomic mass is 9.56. The second-order valence-electron chi connectivity index (χ2n) is 12.0. The molecule has 2 aromatic carbocycles. The number of aromatic hydroxyl groups is 1. The van der Waals surface area contributed by atoms with Gasteiger partial charge in [-0.15, -0.1) is 0 Å². The van der Waals surface area contributed by atoms with Gasteiger partial charge in [0, 0.05) is 49.4 Å². The molecule has 1 fully saturated rings. The number of fused-ring (bicyclic) bond motifs is 3. The minimum atomic E-state index is -2.64. The third-order valence-corrected chi connectivity index (χ3v) is 8.93. The van der Waals surface area contributed by atoms with E-state index in [2.05, 4.69) is 5.32 Å². The highest BCUT2D eigenvalue weighted by Crippen LogP contribution is 2.53. The minimum absolute atomic E-state index is 0.0275. The number of para-hydroxylation sites is 1. The van der Waals surface area contributed by atoms with Gasteiger partial charge in [0.2, 0.25) is 11.6 Å². The zero-order chi connectivity index (χ0) is 32.2. The lowest BCUT2D eigenvalue weighted by Gasteiger charge is -2.51. The van der Waals surface area contributed by atoms with Crippen LogP contribution in [0.15, 0.2) is 53.1 Å². The predicted octanol–water partition coefficient (Wildman–Crippen LogP) is 1.82. The molecule has 12 nitrogen and oxygen atoms in total. The van der Waals surface area contributed by atoms with Gasteiger partial charge in [0.1, 0.15) is 17.3 Å². The zero-order valence-corrected chi connectivity index (χ0v) is 25.2. The van der Waals surface area contributed by atoms with Gasteiger partial charge in [-0.25, -0.2) is 4.79 Å². The molecule has 0 bridgehead atoms. The molecule has 0 radical (unpaired) electrons. The van der Waals surface area contributed by atoms with Gasteiger partial charge < -0.3 is 40.9 Å². The molecular formula is C32H36N4O8. The molecule has 2 aromatic rings. The molecule has 44 heavy (non-hydrogen) atoms. The van der Waals surface area contributed by atoms with Crippen LogP contribution >= 0.6 is 0 Å². The number of nitrogens with one attached hydrogen (secondary N) is 1. The van der Waals surface area contributed by atoms with Crippen molar-refractivity contribution in [2.24, 2.45) is 17.6 Å². The maximum atomic E-state index is 14.1. The van der Waals surface area contributed by atoms with Crippen LogP contribution in [0.3, 0.4) is 0 Å². The van der Waals surface area contributed by atoms with Crippen LogP contribution in [0, 0.1) is 11.8 Å². The maximum Gasteiger partial charge on any atom is 0.412 e. The van der Waals surface area contributed by atoms with Crippen molar-refractivity contribution in [2.75, 3.05) is 33.1 Å². The Morgan fingerprint density at radius 3 is 2.34 bits per heavy atom. The number of carbonyl (C=O) groups is 4. The van der Waals surface area contributed by atoms with Gasteiger partial charge in [-0.3, -0.25) is 14.4 Å². The molecule has 6 N–H and O–H groups in total. The molecule has 1 saturated carbocycles. The van der Waals surface area contributed by atoms with Crippen molar-refractivity contribution in [1.29, 1.82) is 0 Å². The summed E-state index contributed by atoms with van der Waals surface area (Å²) in [6, 6.07) is 9.46. The van der Waals surface area contributed by atoms with E-state index in [4.69, 9.17) is 10.5 Å². The topological polar surface area (TPSA) is 183 Å². The molecule has 0 spiro atoms. The van der Waals surface area contributed by atoms with Gasteiger partial charge in [0.25, 0.3) is 5.91 Å². The first kappa shape index (κ1) is 30.8. The van der Waals surface area contributed by atoms with Crippen LogP contribution in [-0.4, -0.2) is 83.6 Å². The van der Waals surface area contributed by atoms with E-state index in [1.54, 1.807) is 81.3 Å². The molecule has 12 heteroatoms. The SMILES string of the molecule is CC1=C(C(N)=O)C(=O)[C@@]2(O)C(=O)C3=C(O)c4c(O)c(CNC(=O)Oc5ccccc5)cc(N(C)C)c4C[C@H]3C[C@H]2[C@@H]1N(C)C. The highest BCUT2D eigenvalue weighted by Gasteiger charge is 2.64. The Bertz CT molecular complexity index is 1640. The average molecular weight is 605 g/mol. The Morgan fingerprint density at radius 2 is 1.75 bits per heavy atom. The fourth-order valence-corrected chi connectivity index (χ4v) is 7.07. The molecule has 0 saturated heterocycles. The summed E-state index contributed by atoms with van der Waals surface area (Å²) in [5.41, 5.74) is 4.06. The number of nitrogens with zero attached hydrogens (tertiary/aromatic N) is 2. The van der Waals surface area contributed by atoms with Crippen LogP contribution in [0.25, 0.3) is 5.76 Å². The molecule has 4 atom stereocenters. The van der Waals surface area contributed by atoms with Crippen molar-refractivity contribution in [3.63, 3.8) is 0 Å². The summed E-state index contributed by atoms with van der Waals surface area (Å²) < 4.78 is 5.26. The monoisotopic (exact) mass is 604 g/mol. The first-order valence-corrected chi connectivity index (χ1v) is 14.2. The third-order valence-electron chi connectivity index (χ3n) is 8.93. The molecule has 5 rings (SSSR count). The fraction of sp³-hybridized carbons (Fsp3) is 0.375. The number of benzene rings is 2. The van der Waals surface area contributed by atoms with Gasteiger partial charge in [0.15, 0.2) is 5.60 Å². The summed E-state index contributed by atoms with van der Waals surface area (Å²) in [5, 5.41) is 37.5. The fourth-order valence-electron chi connectivity index (χ4n) is 7.07. The van der Waals surface area contributed by atoms with E-state index in [0.29, 0.717) is 22.6 Å². The van der Waals surface area contributed by atoms with Crippen LogP contribution in [0.5, 0.6) is 11.5 Å². The number of amides is 2. The minimum Gasteiger partial charge on any atom is -0.507 e. The number of likely N-dealkylation sites (N-methyl/N-ethyl adjacent to an activating group) is 1. The number of aliphatic hydroxyl groups is 2. The van der Waals surface area contributed by atoms with Crippen LogP contribution in [-0.2, 0) is 27.3 Å². The lowest BCUT2D eigenvalue weighted by Crippen LogP contribution is -2.66. The number of nitrogens with two attached hydrogens (primary N) is 1. The number of hydrogen-bond donors (Lipinski definition) is 5. The summed E-state index contributed by atoms with van der Waals surface area (Å²) in [5.74, 6) is -5.29. The number of ether oxygens (including phenoxy) is 1. The van der Waals surface area contributed by atoms with Crippen molar-refractivity contribution in [3.05, 3.63) is 69.8 Å². The normalized spacial score (nSPS) is 24.5.